The van der Waals surface area contributed by atoms with Gasteiger partial charge in [-0.2, -0.15) is 0 Å². The van der Waals surface area contributed by atoms with Gasteiger partial charge < -0.3 is 14.1 Å². The first-order chi connectivity index (χ1) is 14.3. The van der Waals surface area contributed by atoms with Crippen LogP contribution in [0.25, 0.3) is 0 Å². The Bertz CT molecular complexity index is 809. The van der Waals surface area contributed by atoms with Crippen molar-refractivity contribution in [2.75, 3.05) is 31.2 Å². The Kier molecular flexibility index (Phi) is 5.46. The lowest BCUT2D eigenvalue weighted by Crippen LogP contribution is -2.46. The van der Waals surface area contributed by atoms with Crippen LogP contribution in [0, 0.1) is 6.92 Å². The molecule has 3 aliphatic rings. The van der Waals surface area contributed by atoms with Gasteiger partial charge in [0, 0.05) is 56.1 Å². The van der Waals surface area contributed by atoms with Crippen molar-refractivity contribution in [2.45, 2.75) is 70.0 Å². The highest BCUT2D eigenvalue weighted by molar-refractivity contribution is 5.43. The van der Waals surface area contributed by atoms with Crippen molar-refractivity contribution in [2.24, 2.45) is 0 Å². The molecule has 0 N–H and O–H groups in total. The van der Waals surface area contributed by atoms with E-state index < -0.39 is 0 Å². The lowest BCUT2D eigenvalue weighted by atomic mass is 10.0. The molecule has 8 nitrogen and oxygen atoms in total. The number of anilines is 1. The normalized spacial score (nSPS) is 22.1. The lowest BCUT2D eigenvalue weighted by Gasteiger charge is -2.39. The smallest absolute Gasteiger partial charge is 0.230 e. The summed E-state index contributed by atoms with van der Waals surface area (Å²) in [4.78, 5) is 13.8. The Morgan fingerprint density at radius 2 is 1.76 bits per heavy atom. The molecule has 5 rings (SSSR count). The third-order valence-corrected chi connectivity index (χ3v) is 6.36. The summed E-state index contributed by atoms with van der Waals surface area (Å²) in [5.41, 5.74) is 1.04. The van der Waals surface area contributed by atoms with Gasteiger partial charge in [-0.15, -0.1) is 10.2 Å². The maximum Gasteiger partial charge on any atom is 0.230 e. The lowest BCUT2D eigenvalue weighted by molar-refractivity contribution is 0.0787. The van der Waals surface area contributed by atoms with E-state index in [4.69, 9.17) is 9.15 Å². The zero-order valence-electron chi connectivity index (χ0n) is 17.2. The van der Waals surface area contributed by atoms with E-state index in [0.717, 1.165) is 81.8 Å². The summed E-state index contributed by atoms with van der Waals surface area (Å²) in [6.07, 6.45) is 8.49. The number of likely N-dealkylation sites (tertiary alicyclic amines) is 1. The molecule has 0 atom stereocenters. The van der Waals surface area contributed by atoms with Crippen LogP contribution in [-0.4, -0.2) is 63.5 Å². The van der Waals surface area contributed by atoms with Gasteiger partial charge in [0.15, 0.2) is 0 Å². The summed E-state index contributed by atoms with van der Waals surface area (Å²) in [7, 11) is 0. The van der Waals surface area contributed by atoms with Gasteiger partial charge in [-0.25, -0.2) is 9.97 Å². The summed E-state index contributed by atoms with van der Waals surface area (Å²) in [5, 5.41) is 8.62. The molecule has 1 saturated carbocycles. The third-order valence-electron chi connectivity index (χ3n) is 6.36. The molecule has 2 saturated heterocycles. The molecule has 0 aromatic carbocycles. The molecule has 0 amide bonds. The highest BCUT2D eigenvalue weighted by Gasteiger charge is 2.36. The average Bonchev–Trinajstić information content (AvgIpc) is 3.47. The topological polar surface area (TPSA) is 80.4 Å². The molecule has 156 valence electrons. The maximum atomic E-state index is 5.98. The first-order valence-electron chi connectivity index (χ1n) is 11.0. The number of aryl methyl sites for hydroxylation is 1. The van der Waals surface area contributed by atoms with Gasteiger partial charge in [-0.3, -0.25) is 4.90 Å². The first-order valence-corrected chi connectivity index (χ1v) is 11.0. The minimum Gasteiger partial charge on any atom is -0.424 e. The molecule has 4 heterocycles. The second-order valence-corrected chi connectivity index (χ2v) is 8.58. The number of nitrogens with zero attached hydrogens (tertiary/aromatic N) is 6. The molecule has 2 aliphatic heterocycles. The Balaban J connectivity index is 1.18. The van der Waals surface area contributed by atoms with Gasteiger partial charge in [-0.1, -0.05) is 0 Å². The van der Waals surface area contributed by atoms with Crippen LogP contribution in [0.3, 0.4) is 0 Å². The number of piperidine rings is 1. The van der Waals surface area contributed by atoms with Crippen LogP contribution >= 0.6 is 0 Å². The van der Waals surface area contributed by atoms with Crippen molar-refractivity contribution in [3.8, 4) is 0 Å². The number of hydrogen-bond acceptors (Lipinski definition) is 8. The van der Waals surface area contributed by atoms with Gasteiger partial charge >= 0.3 is 0 Å². The standard InChI is InChI=1S/C21H30N6O2/c1-15-12-19(23-14-22-15)27(17-2-3-17)18-4-8-26(9-5-18)13-20-24-25-21(29-20)16-6-10-28-11-7-16/h12,14,16-18H,2-11,13H2,1H3. The van der Waals surface area contributed by atoms with E-state index in [1.807, 2.05) is 6.92 Å². The molecule has 29 heavy (non-hydrogen) atoms. The predicted octanol–water partition coefficient (Wildman–Crippen LogP) is 2.70. The molecule has 8 heteroatoms. The van der Waals surface area contributed by atoms with Crippen molar-refractivity contribution < 1.29 is 9.15 Å². The third kappa shape index (κ3) is 4.43. The molecular weight excluding hydrogens is 368 g/mol. The summed E-state index contributed by atoms with van der Waals surface area (Å²) < 4.78 is 11.4. The fourth-order valence-electron chi connectivity index (χ4n) is 4.59. The Morgan fingerprint density at radius 1 is 1.00 bits per heavy atom. The van der Waals surface area contributed by atoms with Gasteiger partial charge in [0.2, 0.25) is 11.8 Å². The van der Waals surface area contributed by atoms with Crippen LogP contribution < -0.4 is 4.90 Å². The fraction of sp³-hybridized carbons (Fsp3) is 0.714. The average molecular weight is 399 g/mol. The minimum atomic E-state index is 0.360. The van der Waals surface area contributed by atoms with E-state index in [1.54, 1.807) is 6.33 Å². The number of rotatable bonds is 6. The zero-order valence-corrected chi connectivity index (χ0v) is 17.2. The largest absolute Gasteiger partial charge is 0.424 e. The van der Waals surface area contributed by atoms with Crippen LogP contribution in [0.1, 0.15) is 61.9 Å². The van der Waals surface area contributed by atoms with Gasteiger partial charge in [0.25, 0.3) is 0 Å². The van der Waals surface area contributed by atoms with Crippen molar-refractivity contribution in [1.82, 2.24) is 25.1 Å². The van der Waals surface area contributed by atoms with E-state index in [9.17, 15) is 0 Å². The van der Waals surface area contributed by atoms with E-state index in [2.05, 4.69) is 36.0 Å². The summed E-state index contributed by atoms with van der Waals surface area (Å²) in [6.45, 7) is 6.47. The SMILES string of the molecule is Cc1cc(N(C2CC2)C2CCN(Cc3nnc(C4CCOCC4)o3)CC2)ncn1. The molecule has 1 aliphatic carbocycles. The monoisotopic (exact) mass is 398 g/mol. The van der Waals surface area contributed by atoms with Crippen LogP contribution in [0.4, 0.5) is 5.82 Å². The number of hydrogen-bond donors (Lipinski definition) is 0. The predicted molar refractivity (Wildman–Crippen MR) is 108 cm³/mol. The second kappa shape index (κ2) is 8.36. The zero-order chi connectivity index (χ0) is 19.6. The minimum absolute atomic E-state index is 0.360. The van der Waals surface area contributed by atoms with E-state index in [-0.39, 0.29) is 0 Å². The molecule has 0 radical (unpaired) electrons. The van der Waals surface area contributed by atoms with E-state index >= 15 is 0 Å². The van der Waals surface area contributed by atoms with E-state index in [1.165, 1.54) is 12.8 Å². The highest BCUT2D eigenvalue weighted by Crippen LogP contribution is 2.35. The van der Waals surface area contributed by atoms with Crippen LogP contribution in [0.15, 0.2) is 16.8 Å². The van der Waals surface area contributed by atoms with Crippen LogP contribution in [0.5, 0.6) is 0 Å². The summed E-state index contributed by atoms with van der Waals surface area (Å²) in [6, 6.07) is 3.33. The van der Waals surface area contributed by atoms with Crippen molar-refractivity contribution in [3.63, 3.8) is 0 Å². The number of ether oxygens (including phenoxy) is 1. The van der Waals surface area contributed by atoms with E-state index in [0.29, 0.717) is 18.0 Å². The first kappa shape index (κ1) is 18.9. The van der Waals surface area contributed by atoms with Crippen LogP contribution in [-0.2, 0) is 11.3 Å². The van der Waals surface area contributed by atoms with Gasteiger partial charge in [0.05, 0.1) is 6.54 Å². The number of aromatic nitrogens is 4. The van der Waals surface area contributed by atoms with Crippen LogP contribution in [0.2, 0.25) is 0 Å². The van der Waals surface area contributed by atoms with Gasteiger partial charge in [0.1, 0.15) is 12.1 Å². The maximum absolute atomic E-state index is 5.98. The Morgan fingerprint density at radius 3 is 2.48 bits per heavy atom. The molecular formula is C21H30N6O2. The molecule has 2 aromatic heterocycles. The molecule has 0 unspecified atom stereocenters. The quantitative estimate of drug-likeness (QED) is 0.735. The summed E-state index contributed by atoms with van der Waals surface area (Å²) in [5.74, 6) is 2.99. The van der Waals surface area contributed by atoms with Crippen molar-refractivity contribution in [1.29, 1.82) is 0 Å². The molecule has 3 fully saturated rings. The van der Waals surface area contributed by atoms with Gasteiger partial charge in [-0.05, 0) is 45.4 Å². The molecule has 2 aromatic rings. The fourth-order valence-corrected chi connectivity index (χ4v) is 4.59. The Labute approximate surface area is 171 Å². The molecule has 0 spiro atoms. The summed E-state index contributed by atoms with van der Waals surface area (Å²) >= 11 is 0. The van der Waals surface area contributed by atoms with Crippen molar-refractivity contribution >= 4 is 5.82 Å². The Hall–Kier alpha value is -2.06. The van der Waals surface area contributed by atoms with Crippen molar-refractivity contribution in [3.05, 3.63) is 29.9 Å². The molecule has 0 bridgehead atoms. The second-order valence-electron chi connectivity index (χ2n) is 8.58. The highest BCUT2D eigenvalue weighted by atomic mass is 16.5.